The van der Waals surface area contributed by atoms with Crippen molar-refractivity contribution in [3.05, 3.63) is 18.4 Å². The van der Waals surface area contributed by atoms with Gasteiger partial charge in [-0.15, -0.1) is 0 Å². The van der Waals surface area contributed by atoms with Gasteiger partial charge in [0, 0.05) is 13.1 Å². The summed E-state index contributed by atoms with van der Waals surface area (Å²) in [7, 11) is 1.88. The van der Waals surface area contributed by atoms with Crippen LogP contribution in [0.2, 0.25) is 0 Å². The molecule has 0 aliphatic carbocycles. The third-order valence-electron chi connectivity index (χ3n) is 2.67. The Morgan fingerprint density at radius 1 is 1.44 bits per heavy atom. The Hall–Kier alpha value is -1.69. The normalized spacial score (nSPS) is 15.0. The van der Waals surface area contributed by atoms with Gasteiger partial charge in [0.1, 0.15) is 5.69 Å². The fourth-order valence-corrected chi connectivity index (χ4v) is 1.32. The monoisotopic (exact) mass is 221 g/mol. The van der Waals surface area contributed by atoms with E-state index >= 15 is 0 Å². The van der Waals surface area contributed by atoms with Gasteiger partial charge in [0.15, 0.2) is 0 Å². The zero-order chi connectivity index (χ0) is 11.7. The van der Waals surface area contributed by atoms with E-state index in [1.165, 1.54) is 0 Å². The van der Waals surface area contributed by atoms with Gasteiger partial charge in [0.25, 0.3) is 0 Å². The second kappa shape index (κ2) is 4.05. The van der Waals surface area contributed by atoms with E-state index in [-0.39, 0.29) is 12.0 Å². The van der Waals surface area contributed by atoms with E-state index in [9.17, 15) is 0 Å². The molecule has 16 heavy (non-hydrogen) atoms. The standard InChI is InChI=1S/C10H15N5O/c1-6(7(2)11)10-13-9(14-16-10)8-4-12-5-15(8)3/h4-7H,11H2,1-3H3. The smallest absolute Gasteiger partial charge is 0.231 e. The fourth-order valence-electron chi connectivity index (χ4n) is 1.32. The molecule has 0 bridgehead atoms. The molecule has 0 aromatic carbocycles. The number of imidazole rings is 1. The van der Waals surface area contributed by atoms with Crippen molar-refractivity contribution in [3.8, 4) is 11.5 Å². The van der Waals surface area contributed by atoms with E-state index in [0.29, 0.717) is 11.7 Å². The molecule has 0 spiro atoms. The van der Waals surface area contributed by atoms with Crippen molar-refractivity contribution in [2.75, 3.05) is 0 Å². The van der Waals surface area contributed by atoms with E-state index in [2.05, 4.69) is 15.1 Å². The summed E-state index contributed by atoms with van der Waals surface area (Å²) in [5, 5.41) is 3.92. The Morgan fingerprint density at radius 3 is 2.75 bits per heavy atom. The Bertz CT molecular complexity index is 473. The number of hydrogen-bond acceptors (Lipinski definition) is 5. The predicted molar refractivity (Wildman–Crippen MR) is 58.6 cm³/mol. The lowest BCUT2D eigenvalue weighted by Crippen LogP contribution is -2.22. The lowest BCUT2D eigenvalue weighted by atomic mass is 10.1. The number of nitrogens with two attached hydrogens (primary N) is 1. The van der Waals surface area contributed by atoms with E-state index in [1.54, 1.807) is 12.5 Å². The fraction of sp³-hybridized carbons (Fsp3) is 0.500. The number of aromatic nitrogens is 4. The molecule has 0 saturated heterocycles. The van der Waals surface area contributed by atoms with Crippen LogP contribution in [0.5, 0.6) is 0 Å². The zero-order valence-electron chi connectivity index (χ0n) is 9.58. The van der Waals surface area contributed by atoms with Gasteiger partial charge in [-0.05, 0) is 6.92 Å². The summed E-state index contributed by atoms with van der Waals surface area (Å²) in [5.41, 5.74) is 6.61. The molecule has 6 heteroatoms. The van der Waals surface area contributed by atoms with Crippen molar-refractivity contribution in [2.45, 2.75) is 25.8 Å². The van der Waals surface area contributed by atoms with Crippen molar-refractivity contribution in [1.29, 1.82) is 0 Å². The SMILES string of the molecule is CC(N)C(C)c1nc(-c2cncn2C)no1. The first-order valence-corrected chi connectivity index (χ1v) is 5.15. The molecule has 2 heterocycles. The molecule has 86 valence electrons. The van der Waals surface area contributed by atoms with Crippen molar-refractivity contribution in [3.63, 3.8) is 0 Å². The maximum atomic E-state index is 5.78. The lowest BCUT2D eigenvalue weighted by molar-refractivity contribution is 0.346. The first-order valence-electron chi connectivity index (χ1n) is 5.15. The van der Waals surface area contributed by atoms with E-state index in [4.69, 9.17) is 10.3 Å². The van der Waals surface area contributed by atoms with Crippen LogP contribution in [0.15, 0.2) is 17.0 Å². The Labute approximate surface area is 93.5 Å². The van der Waals surface area contributed by atoms with Crippen LogP contribution < -0.4 is 5.73 Å². The van der Waals surface area contributed by atoms with Crippen LogP contribution in [0.3, 0.4) is 0 Å². The second-order valence-electron chi connectivity index (χ2n) is 3.99. The molecule has 6 nitrogen and oxygen atoms in total. The number of nitrogens with zero attached hydrogens (tertiary/aromatic N) is 4. The third kappa shape index (κ3) is 1.83. The summed E-state index contributed by atoms with van der Waals surface area (Å²) in [6.45, 7) is 3.88. The van der Waals surface area contributed by atoms with Crippen molar-refractivity contribution in [1.82, 2.24) is 19.7 Å². The average Bonchev–Trinajstić information content (AvgIpc) is 2.84. The van der Waals surface area contributed by atoms with E-state index < -0.39 is 0 Å². The molecule has 0 saturated carbocycles. The van der Waals surface area contributed by atoms with Gasteiger partial charge in [-0.1, -0.05) is 12.1 Å². The molecule has 0 aliphatic heterocycles. The highest BCUT2D eigenvalue weighted by atomic mass is 16.5. The molecule has 2 rings (SSSR count). The lowest BCUT2D eigenvalue weighted by Gasteiger charge is -2.09. The summed E-state index contributed by atoms with van der Waals surface area (Å²) >= 11 is 0. The number of hydrogen-bond donors (Lipinski definition) is 1. The van der Waals surface area contributed by atoms with Crippen LogP contribution >= 0.6 is 0 Å². The van der Waals surface area contributed by atoms with Crippen molar-refractivity contribution in [2.24, 2.45) is 12.8 Å². The molecule has 0 aliphatic rings. The van der Waals surface area contributed by atoms with Gasteiger partial charge in [0.05, 0.1) is 18.4 Å². The maximum absolute atomic E-state index is 5.78. The van der Waals surface area contributed by atoms with Crippen LogP contribution in [-0.2, 0) is 7.05 Å². The van der Waals surface area contributed by atoms with Gasteiger partial charge in [0.2, 0.25) is 11.7 Å². The highest BCUT2D eigenvalue weighted by molar-refractivity contribution is 5.47. The summed E-state index contributed by atoms with van der Waals surface area (Å²) < 4.78 is 7.02. The summed E-state index contributed by atoms with van der Waals surface area (Å²) in [4.78, 5) is 8.32. The topological polar surface area (TPSA) is 82.8 Å². The third-order valence-corrected chi connectivity index (χ3v) is 2.67. The van der Waals surface area contributed by atoms with Gasteiger partial charge in [-0.25, -0.2) is 4.98 Å². The minimum atomic E-state index is -0.0140. The molecule has 2 N–H and O–H groups in total. The molecular weight excluding hydrogens is 206 g/mol. The molecule has 2 atom stereocenters. The van der Waals surface area contributed by atoms with E-state index in [0.717, 1.165) is 5.69 Å². The minimum Gasteiger partial charge on any atom is -0.339 e. The van der Waals surface area contributed by atoms with Gasteiger partial charge in [-0.2, -0.15) is 4.98 Å². The predicted octanol–water partition coefficient (Wildman–Crippen LogP) is 0.921. The van der Waals surface area contributed by atoms with Crippen molar-refractivity contribution < 1.29 is 4.52 Å². The van der Waals surface area contributed by atoms with Crippen LogP contribution in [0, 0.1) is 0 Å². The van der Waals surface area contributed by atoms with Crippen LogP contribution in [-0.4, -0.2) is 25.7 Å². The van der Waals surface area contributed by atoms with Gasteiger partial charge >= 0.3 is 0 Å². The molecule has 0 amide bonds. The molecule has 2 aromatic heterocycles. The quantitative estimate of drug-likeness (QED) is 0.833. The second-order valence-corrected chi connectivity index (χ2v) is 3.99. The van der Waals surface area contributed by atoms with Crippen LogP contribution in [0.1, 0.15) is 25.7 Å². The van der Waals surface area contributed by atoms with Crippen LogP contribution in [0.4, 0.5) is 0 Å². The summed E-state index contributed by atoms with van der Waals surface area (Å²) in [5.74, 6) is 1.16. The van der Waals surface area contributed by atoms with E-state index in [1.807, 2.05) is 25.5 Å². The van der Waals surface area contributed by atoms with Gasteiger partial charge < -0.3 is 14.8 Å². The molecular formula is C10H15N5O. The summed E-state index contributed by atoms with van der Waals surface area (Å²) in [6.07, 6.45) is 3.39. The Morgan fingerprint density at radius 2 is 2.19 bits per heavy atom. The largest absolute Gasteiger partial charge is 0.339 e. The molecule has 2 unspecified atom stereocenters. The first kappa shape index (κ1) is 10.8. The van der Waals surface area contributed by atoms with Gasteiger partial charge in [-0.3, -0.25) is 0 Å². The highest BCUT2D eigenvalue weighted by Crippen LogP contribution is 2.20. The molecule has 2 aromatic rings. The first-order chi connectivity index (χ1) is 7.59. The molecule has 0 fully saturated rings. The molecule has 0 radical (unpaired) electrons. The van der Waals surface area contributed by atoms with Crippen molar-refractivity contribution >= 4 is 0 Å². The average molecular weight is 221 g/mol. The minimum absolute atomic E-state index is 0.0140. The maximum Gasteiger partial charge on any atom is 0.231 e. The zero-order valence-corrected chi connectivity index (χ0v) is 9.58. The van der Waals surface area contributed by atoms with Crippen LogP contribution in [0.25, 0.3) is 11.5 Å². The highest BCUT2D eigenvalue weighted by Gasteiger charge is 2.19. The Kier molecular flexibility index (Phi) is 2.74. The number of aryl methyl sites for hydroxylation is 1. The summed E-state index contributed by atoms with van der Waals surface area (Å²) in [6, 6.07) is -0.0140. The Balaban J connectivity index is 2.30. The number of rotatable bonds is 3.